The fourth-order valence-electron chi connectivity index (χ4n) is 2.34. The van der Waals surface area contributed by atoms with E-state index >= 15 is 0 Å². The molecule has 3 aromatic rings. The van der Waals surface area contributed by atoms with Crippen LogP contribution < -0.4 is 4.74 Å². The van der Waals surface area contributed by atoms with Crippen LogP contribution in [0.4, 0.5) is 0 Å². The summed E-state index contributed by atoms with van der Waals surface area (Å²) in [6.45, 7) is 1.83. The molecule has 0 spiro atoms. The van der Waals surface area contributed by atoms with Crippen LogP contribution in [0.3, 0.4) is 0 Å². The van der Waals surface area contributed by atoms with Gasteiger partial charge in [0.05, 0.1) is 12.8 Å². The number of phenols is 1. The molecule has 1 heterocycles. The predicted octanol–water partition coefficient (Wildman–Crippen LogP) is 3.83. The molecule has 0 aliphatic heterocycles. The van der Waals surface area contributed by atoms with Gasteiger partial charge in [-0.1, -0.05) is 30.3 Å². The van der Waals surface area contributed by atoms with E-state index < -0.39 is 0 Å². The second kappa shape index (κ2) is 5.85. The van der Waals surface area contributed by atoms with Crippen molar-refractivity contribution in [1.82, 2.24) is 9.97 Å². The van der Waals surface area contributed by atoms with Crippen LogP contribution in [0.5, 0.6) is 11.5 Å². The van der Waals surface area contributed by atoms with Crippen molar-refractivity contribution in [3.8, 4) is 33.9 Å². The first-order chi connectivity index (χ1) is 10.7. The molecule has 1 N–H and O–H groups in total. The maximum absolute atomic E-state index is 10.3. The Morgan fingerprint density at radius 1 is 1.00 bits per heavy atom. The van der Waals surface area contributed by atoms with Crippen molar-refractivity contribution in [1.29, 1.82) is 0 Å². The summed E-state index contributed by atoms with van der Waals surface area (Å²) in [5.74, 6) is 1.40. The SMILES string of the molecule is COc1ccc(-c2nc(C)ncc2-c2ccccc2)c(O)c1. The molecule has 2 aromatic carbocycles. The van der Waals surface area contributed by atoms with Gasteiger partial charge >= 0.3 is 0 Å². The lowest BCUT2D eigenvalue weighted by atomic mass is 10.00. The monoisotopic (exact) mass is 292 g/mol. The highest BCUT2D eigenvalue weighted by Crippen LogP contribution is 2.36. The molecule has 0 saturated carbocycles. The number of aryl methyl sites for hydroxylation is 1. The Bertz CT molecular complexity index is 801. The highest BCUT2D eigenvalue weighted by Gasteiger charge is 2.14. The maximum atomic E-state index is 10.3. The molecular weight excluding hydrogens is 276 g/mol. The Balaban J connectivity index is 2.20. The number of hydrogen-bond donors (Lipinski definition) is 1. The van der Waals surface area contributed by atoms with Gasteiger partial charge in [0.2, 0.25) is 0 Å². The molecule has 22 heavy (non-hydrogen) atoms. The number of nitrogens with zero attached hydrogens (tertiary/aromatic N) is 2. The van der Waals surface area contributed by atoms with Crippen molar-refractivity contribution in [3.63, 3.8) is 0 Å². The largest absolute Gasteiger partial charge is 0.507 e. The van der Waals surface area contributed by atoms with Crippen LogP contribution in [-0.4, -0.2) is 22.2 Å². The van der Waals surface area contributed by atoms with E-state index in [9.17, 15) is 5.11 Å². The molecule has 0 saturated heterocycles. The van der Waals surface area contributed by atoms with Crippen molar-refractivity contribution < 1.29 is 9.84 Å². The van der Waals surface area contributed by atoms with Gasteiger partial charge in [-0.05, 0) is 24.6 Å². The summed E-state index contributed by atoms with van der Waals surface area (Å²) in [7, 11) is 1.57. The first-order valence-corrected chi connectivity index (χ1v) is 6.95. The third-order valence-electron chi connectivity index (χ3n) is 3.45. The van der Waals surface area contributed by atoms with Crippen molar-refractivity contribution >= 4 is 0 Å². The first-order valence-electron chi connectivity index (χ1n) is 6.95. The van der Waals surface area contributed by atoms with Gasteiger partial charge in [-0.15, -0.1) is 0 Å². The van der Waals surface area contributed by atoms with E-state index in [1.165, 1.54) is 0 Å². The molecule has 4 nitrogen and oxygen atoms in total. The summed E-state index contributed by atoms with van der Waals surface area (Å²) >= 11 is 0. The zero-order valence-corrected chi connectivity index (χ0v) is 12.4. The lowest BCUT2D eigenvalue weighted by Gasteiger charge is -2.12. The predicted molar refractivity (Wildman–Crippen MR) is 85.9 cm³/mol. The van der Waals surface area contributed by atoms with Crippen molar-refractivity contribution in [2.45, 2.75) is 6.92 Å². The molecule has 0 atom stereocenters. The molecule has 0 aliphatic rings. The number of ether oxygens (including phenoxy) is 1. The Morgan fingerprint density at radius 3 is 2.45 bits per heavy atom. The number of hydrogen-bond acceptors (Lipinski definition) is 4. The topological polar surface area (TPSA) is 55.2 Å². The minimum atomic E-state index is 0.134. The minimum Gasteiger partial charge on any atom is -0.507 e. The summed E-state index contributed by atoms with van der Waals surface area (Å²) in [6, 6.07) is 15.1. The summed E-state index contributed by atoms with van der Waals surface area (Å²) < 4.78 is 5.13. The quantitative estimate of drug-likeness (QED) is 0.797. The first kappa shape index (κ1) is 14.1. The number of aromatic hydroxyl groups is 1. The van der Waals surface area contributed by atoms with Crippen LogP contribution in [0.2, 0.25) is 0 Å². The fraction of sp³-hybridized carbons (Fsp3) is 0.111. The normalized spacial score (nSPS) is 10.5. The second-order valence-corrected chi connectivity index (χ2v) is 4.93. The summed E-state index contributed by atoms with van der Waals surface area (Å²) in [6.07, 6.45) is 1.79. The Labute approximate surface area is 129 Å². The minimum absolute atomic E-state index is 0.134. The Kier molecular flexibility index (Phi) is 3.74. The van der Waals surface area contributed by atoms with Crippen molar-refractivity contribution in [2.24, 2.45) is 0 Å². The standard InChI is InChI=1S/C18H16N2O2/c1-12-19-11-16(13-6-4-3-5-7-13)18(20-12)15-9-8-14(22-2)10-17(15)21/h3-11,21H,1-2H3. The lowest BCUT2D eigenvalue weighted by molar-refractivity contribution is 0.408. The van der Waals surface area contributed by atoms with E-state index in [4.69, 9.17) is 4.74 Å². The average Bonchev–Trinajstić information content (AvgIpc) is 2.55. The van der Waals surface area contributed by atoms with Crippen LogP contribution in [0.1, 0.15) is 5.82 Å². The van der Waals surface area contributed by atoms with Gasteiger partial charge in [0.1, 0.15) is 17.3 Å². The zero-order chi connectivity index (χ0) is 15.5. The number of aromatic nitrogens is 2. The summed E-state index contributed by atoms with van der Waals surface area (Å²) in [5.41, 5.74) is 3.25. The molecule has 0 unspecified atom stereocenters. The Hall–Kier alpha value is -2.88. The lowest BCUT2D eigenvalue weighted by Crippen LogP contribution is -1.95. The van der Waals surface area contributed by atoms with Crippen molar-refractivity contribution in [3.05, 3.63) is 60.6 Å². The highest BCUT2D eigenvalue weighted by atomic mass is 16.5. The maximum Gasteiger partial charge on any atom is 0.128 e. The summed E-state index contributed by atoms with van der Waals surface area (Å²) in [4.78, 5) is 8.81. The molecule has 0 radical (unpaired) electrons. The summed E-state index contributed by atoms with van der Waals surface area (Å²) in [5, 5.41) is 10.3. The van der Waals surface area contributed by atoms with Crippen LogP contribution in [0.25, 0.3) is 22.4 Å². The smallest absolute Gasteiger partial charge is 0.128 e. The third kappa shape index (κ3) is 2.63. The molecule has 4 heteroatoms. The highest BCUT2D eigenvalue weighted by molar-refractivity contribution is 5.83. The number of benzene rings is 2. The van der Waals surface area contributed by atoms with E-state index in [-0.39, 0.29) is 5.75 Å². The van der Waals surface area contributed by atoms with Gasteiger partial charge in [0.25, 0.3) is 0 Å². The molecule has 0 aliphatic carbocycles. The molecule has 0 amide bonds. The molecule has 110 valence electrons. The van der Waals surface area contributed by atoms with E-state index in [0.29, 0.717) is 22.8 Å². The Morgan fingerprint density at radius 2 is 1.77 bits per heavy atom. The van der Waals surface area contributed by atoms with Gasteiger partial charge in [0, 0.05) is 23.4 Å². The van der Waals surface area contributed by atoms with Gasteiger partial charge < -0.3 is 9.84 Å². The molecule has 0 fully saturated rings. The van der Waals surface area contributed by atoms with E-state index in [2.05, 4.69) is 9.97 Å². The van der Waals surface area contributed by atoms with Crippen LogP contribution >= 0.6 is 0 Å². The van der Waals surface area contributed by atoms with Gasteiger partial charge in [-0.2, -0.15) is 0 Å². The van der Waals surface area contributed by atoms with E-state index in [1.807, 2.05) is 43.3 Å². The van der Waals surface area contributed by atoms with Gasteiger partial charge in [-0.3, -0.25) is 0 Å². The van der Waals surface area contributed by atoms with Crippen LogP contribution in [0, 0.1) is 6.92 Å². The van der Waals surface area contributed by atoms with Crippen molar-refractivity contribution in [2.75, 3.05) is 7.11 Å². The van der Waals surface area contributed by atoms with E-state index in [1.54, 1.807) is 25.4 Å². The molecule has 1 aromatic heterocycles. The average molecular weight is 292 g/mol. The number of rotatable bonds is 3. The van der Waals surface area contributed by atoms with E-state index in [0.717, 1.165) is 11.1 Å². The fourth-order valence-corrected chi connectivity index (χ4v) is 2.34. The zero-order valence-electron chi connectivity index (χ0n) is 12.4. The third-order valence-corrected chi connectivity index (χ3v) is 3.45. The van der Waals surface area contributed by atoms with Gasteiger partial charge in [0.15, 0.2) is 0 Å². The molecular formula is C18H16N2O2. The second-order valence-electron chi connectivity index (χ2n) is 4.93. The number of phenolic OH excluding ortho intramolecular Hbond substituents is 1. The van der Waals surface area contributed by atoms with Crippen LogP contribution in [-0.2, 0) is 0 Å². The molecule has 0 bridgehead atoms. The van der Waals surface area contributed by atoms with Crippen LogP contribution in [0.15, 0.2) is 54.7 Å². The molecule has 3 rings (SSSR count). The number of methoxy groups -OCH3 is 1. The van der Waals surface area contributed by atoms with Gasteiger partial charge in [-0.25, -0.2) is 9.97 Å².